The molecule has 0 fully saturated rings. The Hall–Kier alpha value is -3.19. The number of benzene rings is 1. The molecular weight excluding hydrogens is 406 g/mol. The number of aryl methyl sites for hydroxylation is 2. The van der Waals surface area contributed by atoms with Gasteiger partial charge in [0.25, 0.3) is 16.9 Å². The van der Waals surface area contributed by atoms with Crippen LogP contribution in [0.15, 0.2) is 27.9 Å². The number of nitrogens with zero attached hydrogens (tertiary/aromatic N) is 4. The number of hydrogen-bond acceptors (Lipinski definition) is 8. The second kappa shape index (κ2) is 7.67. The average Bonchev–Trinajstić information content (AvgIpc) is 3.08. The van der Waals surface area contributed by atoms with Crippen LogP contribution in [0.5, 0.6) is 0 Å². The van der Waals surface area contributed by atoms with Crippen molar-refractivity contribution in [3.8, 4) is 0 Å². The monoisotopic (exact) mass is 423 g/mol. The Morgan fingerprint density at radius 3 is 2.34 bits per heavy atom. The molecule has 0 saturated carbocycles. The molecule has 1 aromatic heterocycles. The lowest BCUT2D eigenvalue weighted by atomic mass is 10.1. The second-order valence-electron chi connectivity index (χ2n) is 6.53. The predicted octanol–water partition coefficient (Wildman–Crippen LogP) is 0.835. The molecule has 3 rings (SSSR count). The van der Waals surface area contributed by atoms with Crippen LogP contribution in [0.25, 0.3) is 0 Å². The summed E-state index contributed by atoms with van der Waals surface area (Å²) in [7, 11) is -4.29. The fourth-order valence-electron chi connectivity index (χ4n) is 3.16. The summed E-state index contributed by atoms with van der Waals surface area (Å²) in [5.74, 6) is 0. The first-order valence-electron chi connectivity index (χ1n) is 8.63. The van der Waals surface area contributed by atoms with Crippen molar-refractivity contribution in [2.45, 2.75) is 37.6 Å². The highest BCUT2D eigenvalue weighted by molar-refractivity contribution is 7.89. The Balaban J connectivity index is 1.82. The zero-order chi connectivity index (χ0) is 21.3. The van der Waals surface area contributed by atoms with Gasteiger partial charge in [0.15, 0.2) is 0 Å². The van der Waals surface area contributed by atoms with Crippen molar-refractivity contribution in [1.29, 1.82) is 0 Å². The molecule has 0 saturated heterocycles. The van der Waals surface area contributed by atoms with Crippen molar-refractivity contribution in [2.75, 3.05) is 6.54 Å². The van der Waals surface area contributed by atoms with E-state index in [4.69, 9.17) is 0 Å². The Morgan fingerprint density at radius 2 is 1.76 bits per heavy atom. The molecule has 1 N–H and O–H groups in total. The lowest BCUT2D eigenvalue weighted by Crippen LogP contribution is -2.32. The molecular formula is C16H17N5O7S. The average molecular weight is 423 g/mol. The maximum atomic E-state index is 12.5. The summed E-state index contributed by atoms with van der Waals surface area (Å²) >= 11 is 0. The van der Waals surface area contributed by atoms with E-state index in [1.54, 1.807) is 0 Å². The lowest BCUT2D eigenvalue weighted by molar-refractivity contribution is -0.395. The summed E-state index contributed by atoms with van der Waals surface area (Å²) in [5.41, 5.74) is -0.241. The van der Waals surface area contributed by atoms with Crippen LogP contribution in [0.2, 0.25) is 0 Å². The second-order valence-corrected chi connectivity index (χ2v) is 8.30. The van der Waals surface area contributed by atoms with Gasteiger partial charge in [0.05, 0.1) is 27.0 Å². The number of sulfonamides is 1. The largest absolute Gasteiger partial charge is 0.280 e. The number of rotatable bonds is 7. The zero-order valence-electron chi connectivity index (χ0n) is 15.3. The number of aromatic nitrogens is 2. The van der Waals surface area contributed by atoms with E-state index in [9.17, 15) is 33.4 Å². The van der Waals surface area contributed by atoms with Crippen LogP contribution in [0.4, 0.5) is 11.4 Å². The highest BCUT2D eigenvalue weighted by atomic mass is 32.2. The molecule has 13 heteroatoms. The molecule has 0 atom stereocenters. The van der Waals surface area contributed by atoms with Gasteiger partial charge in [-0.15, -0.1) is 0 Å². The van der Waals surface area contributed by atoms with Crippen LogP contribution >= 0.6 is 0 Å². The number of nitrogens with one attached hydrogen (secondary N) is 1. The predicted molar refractivity (Wildman–Crippen MR) is 100 cm³/mol. The van der Waals surface area contributed by atoms with E-state index >= 15 is 0 Å². The Bertz CT molecular complexity index is 1140. The molecule has 0 unspecified atom stereocenters. The van der Waals surface area contributed by atoms with Crippen LogP contribution in [0.3, 0.4) is 0 Å². The van der Waals surface area contributed by atoms with E-state index < -0.39 is 36.1 Å². The van der Waals surface area contributed by atoms with Crippen molar-refractivity contribution < 1.29 is 18.3 Å². The Morgan fingerprint density at radius 1 is 1.14 bits per heavy atom. The van der Waals surface area contributed by atoms with Crippen LogP contribution < -0.4 is 10.3 Å². The van der Waals surface area contributed by atoms with Gasteiger partial charge >= 0.3 is 0 Å². The number of fused-ring (bicyclic) bond motifs is 1. The quantitative estimate of drug-likeness (QED) is 0.505. The van der Waals surface area contributed by atoms with Gasteiger partial charge < -0.3 is 0 Å². The summed E-state index contributed by atoms with van der Waals surface area (Å²) in [4.78, 5) is 31.9. The molecule has 1 aliphatic rings. The van der Waals surface area contributed by atoms with Crippen molar-refractivity contribution in [3.63, 3.8) is 0 Å². The molecule has 1 heterocycles. The first kappa shape index (κ1) is 20.5. The fraction of sp³-hybridized carbons (Fsp3) is 0.375. The van der Waals surface area contributed by atoms with Crippen molar-refractivity contribution in [2.24, 2.45) is 0 Å². The summed E-state index contributed by atoms with van der Waals surface area (Å²) in [6.45, 7) is 0.900. The minimum Gasteiger partial charge on any atom is -0.268 e. The first-order chi connectivity index (χ1) is 13.6. The van der Waals surface area contributed by atoms with E-state index in [0.29, 0.717) is 0 Å². The highest BCUT2D eigenvalue weighted by Crippen LogP contribution is 2.31. The van der Waals surface area contributed by atoms with E-state index in [2.05, 4.69) is 9.82 Å². The maximum absolute atomic E-state index is 12.5. The van der Waals surface area contributed by atoms with Crippen LogP contribution in [0.1, 0.15) is 23.2 Å². The van der Waals surface area contributed by atoms with Gasteiger partial charge in [-0.25, -0.2) is 17.8 Å². The van der Waals surface area contributed by atoms with Crippen LogP contribution in [-0.2, 0) is 29.4 Å². The molecule has 0 amide bonds. The van der Waals surface area contributed by atoms with E-state index in [1.807, 2.05) is 0 Å². The molecule has 29 heavy (non-hydrogen) atoms. The normalized spacial score (nSPS) is 13.3. The van der Waals surface area contributed by atoms with Crippen LogP contribution in [-0.4, -0.2) is 34.6 Å². The molecule has 1 aromatic carbocycles. The van der Waals surface area contributed by atoms with Gasteiger partial charge in [-0.1, -0.05) is 0 Å². The molecule has 0 bridgehead atoms. The van der Waals surface area contributed by atoms with E-state index in [1.165, 1.54) is 13.0 Å². The smallest absolute Gasteiger partial charge is 0.268 e. The third-order valence-corrected chi connectivity index (χ3v) is 6.11. The van der Waals surface area contributed by atoms with E-state index in [0.717, 1.165) is 47.3 Å². The van der Waals surface area contributed by atoms with Gasteiger partial charge in [0.1, 0.15) is 5.56 Å². The Labute approximate surface area is 164 Å². The molecule has 0 spiro atoms. The van der Waals surface area contributed by atoms with Crippen LogP contribution in [0, 0.1) is 27.2 Å². The number of hydrogen-bond donors (Lipinski definition) is 1. The minimum absolute atomic E-state index is 0.0542. The first-order valence-corrected chi connectivity index (χ1v) is 10.1. The summed E-state index contributed by atoms with van der Waals surface area (Å²) in [6, 6.07) is 3.02. The van der Waals surface area contributed by atoms with Gasteiger partial charge in [0, 0.05) is 24.7 Å². The summed E-state index contributed by atoms with van der Waals surface area (Å²) in [5, 5.41) is 26.5. The third-order valence-electron chi connectivity index (χ3n) is 4.67. The summed E-state index contributed by atoms with van der Waals surface area (Å²) in [6.07, 6.45) is 2.44. The standard InChI is InChI=1S/C16H17N5O7S/c1-10-14(20(23)24)8-12(9-15(10)21(25)26)29(27,28)17-5-6-19-16(22)7-11-3-2-4-13(11)18-19/h7-9,17H,2-6H2,1H3. The van der Waals surface area contributed by atoms with Crippen molar-refractivity contribution in [3.05, 3.63) is 65.6 Å². The fourth-order valence-corrected chi connectivity index (χ4v) is 4.22. The third kappa shape index (κ3) is 4.14. The zero-order valence-corrected chi connectivity index (χ0v) is 16.1. The Kier molecular flexibility index (Phi) is 5.44. The van der Waals surface area contributed by atoms with Crippen molar-refractivity contribution in [1.82, 2.24) is 14.5 Å². The van der Waals surface area contributed by atoms with Gasteiger partial charge in [-0.2, -0.15) is 5.10 Å². The molecule has 12 nitrogen and oxygen atoms in total. The maximum Gasteiger partial charge on any atom is 0.280 e. The lowest BCUT2D eigenvalue weighted by Gasteiger charge is -2.10. The molecule has 1 aliphatic carbocycles. The number of nitro benzene ring substituents is 2. The molecule has 2 aromatic rings. The van der Waals surface area contributed by atoms with Gasteiger partial charge in [-0.3, -0.25) is 25.0 Å². The van der Waals surface area contributed by atoms with Crippen molar-refractivity contribution >= 4 is 21.4 Å². The van der Waals surface area contributed by atoms with Gasteiger partial charge in [-0.05, 0) is 31.7 Å². The highest BCUT2D eigenvalue weighted by Gasteiger charge is 2.28. The topological polar surface area (TPSA) is 167 Å². The van der Waals surface area contributed by atoms with E-state index in [-0.39, 0.29) is 24.2 Å². The summed E-state index contributed by atoms with van der Waals surface area (Å²) < 4.78 is 28.3. The number of nitro groups is 2. The SMILES string of the molecule is Cc1c([N+](=O)[O-])cc(S(=O)(=O)NCCn2nc3c(cc2=O)CCC3)cc1[N+](=O)[O-]. The van der Waals surface area contributed by atoms with Gasteiger partial charge in [0.2, 0.25) is 10.0 Å². The molecule has 0 radical (unpaired) electrons. The molecule has 0 aliphatic heterocycles. The molecule has 154 valence electrons. The minimum atomic E-state index is -4.29.